The molecule has 2 fully saturated rings. The number of aromatic amines is 1. The van der Waals surface area contributed by atoms with Gasteiger partial charge in [-0.05, 0) is 37.8 Å². The highest BCUT2D eigenvalue weighted by Crippen LogP contribution is 2.34. The van der Waals surface area contributed by atoms with Crippen molar-refractivity contribution >= 4 is 33.7 Å². The Kier molecular flexibility index (Phi) is 6.41. The van der Waals surface area contributed by atoms with Gasteiger partial charge in [-0.15, -0.1) is 0 Å². The predicted molar refractivity (Wildman–Crippen MR) is 124 cm³/mol. The van der Waals surface area contributed by atoms with Crippen LogP contribution in [0.15, 0.2) is 30.7 Å². The lowest BCUT2D eigenvalue weighted by molar-refractivity contribution is -0.141. The number of carbonyl (C=O) groups is 1. The molecule has 1 atom stereocenters. The summed E-state index contributed by atoms with van der Waals surface area (Å²) in [5.41, 5.74) is -0.454. The number of piperidine rings is 1. The molecule has 1 unspecified atom stereocenters. The first-order chi connectivity index (χ1) is 17.2. The van der Waals surface area contributed by atoms with Gasteiger partial charge in [-0.2, -0.15) is 13.2 Å². The fourth-order valence-electron chi connectivity index (χ4n) is 4.24. The maximum absolute atomic E-state index is 14.8. The summed E-state index contributed by atoms with van der Waals surface area (Å²) in [5, 5.41) is 5.49. The van der Waals surface area contributed by atoms with Crippen LogP contribution in [0.25, 0.3) is 22.4 Å². The van der Waals surface area contributed by atoms with Crippen LogP contribution < -0.4 is 10.6 Å². The summed E-state index contributed by atoms with van der Waals surface area (Å²) in [6.45, 7) is -1.13. The number of rotatable bonds is 7. The molecule has 0 bridgehead atoms. The Morgan fingerprint density at radius 2 is 2.00 bits per heavy atom. The molecule has 1 aliphatic heterocycles. The van der Waals surface area contributed by atoms with Crippen LogP contribution in [0.1, 0.15) is 25.7 Å². The summed E-state index contributed by atoms with van der Waals surface area (Å²) >= 11 is 0. The van der Waals surface area contributed by atoms with Crippen LogP contribution in [0.4, 0.5) is 23.4 Å². The van der Waals surface area contributed by atoms with Gasteiger partial charge in [0.15, 0.2) is 17.5 Å². The number of hydrogen-bond acceptors (Lipinski definition) is 6. The number of anilines is 1. The molecule has 192 valence electrons. The number of nitrogens with zero attached hydrogens (tertiary/aromatic N) is 4. The minimum atomic E-state index is -4.61. The summed E-state index contributed by atoms with van der Waals surface area (Å²) in [7, 11) is -1.21. The fourth-order valence-corrected chi connectivity index (χ4v) is 5.74. The van der Waals surface area contributed by atoms with E-state index in [1.807, 2.05) is 5.32 Å². The standard InChI is InChI=1S/C22H23F4N7O2S/c23-16-11-29-18(15-10-28-17-14(15)2-1-7-27-17)31-19(16)32-21(20(34)30-12-22(24,25)26)5-8-33(9-6-21)36(35)13-3-4-13/h1-2,7,10-11,13H,3-6,8-9,12H2,(H,27,28)(H,30,34)(H,29,31,32). The van der Waals surface area contributed by atoms with Gasteiger partial charge in [0.2, 0.25) is 5.91 Å². The van der Waals surface area contributed by atoms with E-state index in [0.717, 1.165) is 19.0 Å². The summed E-state index contributed by atoms with van der Waals surface area (Å²) in [6, 6.07) is 3.51. The number of amides is 1. The molecule has 1 saturated heterocycles. The summed E-state index contributed by atoms with van der Waals surface area (Å²) in [4.78, 5) is 28.5. The first kappa shape index (κ1) is 24.6. The van der Waals surface area contributed by atoms with Gasteiger partial charge in [-0.25, -0.2) is 27.9 Å². The lowest BCUT2D eigenvalue weighted by atomic mass is 9.87. The Bertz CT molecular complexity index is 1300. The van der Waals surface area contributed by atoms with Gasteiger partial charge >= 0.3 is 6.18 Å². The Morgan fingerprint density at radius 3 is 2.69 bits per heavy atom. The van der Waals surface area contributed by atoms with E-state index in [1.54, 1.807) is 28.8 Å². The molecule has 1 saturated carbocycles. The third-order valence-corrected chi connectivity index (χ3v) is 8.23. The van der Waals surface area contributed by atoms with Crippen LogP contribution in [-0.2, 0) is 15.8 Å². The van der Waals surface area contributed by atoms with Crippen molar-refractivity contribution in [2.45, 2.75) is 42.6 Å². The summed E-state index contributed by atoms with van der Waals surface area (Å²) in [6.07, 6.45) is 1.31. The molecule has 0 radical (unpaired) electrons. The Labute approximate surface area is 205 Å². The van der Waals surface area contributed by atoms with Crippen molar-refractivity contribution in [3.8, 4) is 11.4 Å². The number of H-pyrrole nitrogens is 1. The van der Waals surface area contributed by atoms with Gasteiger partial charge in [-0.1, -0.05) is 0 Å². The second kappa shape index (κ2) is 9.39. The molecule has 4 heterocycles. The second-order valence-corrected chi connectivity index (χ2v) is 10.6. The van der Waals surface area contributed by atoms with Gasteiger partial charge in [-0.3, -0.25) is 4.79 Å². The van der Waals surface area contributed by atoms with Crippen molar-refractivity contribution in [3.05, 3.63) is 36.5 Å². The molecule has 1 aliphatic carbocycles. The van der Waals surface area contributed by atoms with Gasteiger partial charge in [0.1, 0.15) is 17.7 Å². The maximum Gasteiger partial charge on any atom is 0.405 e. The van der Waals surface area contributed by atoms with E-state index in [9.17, 15) is 26.6 Å². The van der Waals surface area contributed by atoms with Gasteiger partial charge in [0.25, 0.3) is 0 Å². The molecule has 1 amide bonds. The average Bonchev–Trinajstić information content (AvgIpc) is 3.62. The molecule has 14 heteroatoms. The van der Waals surface area contributed by atoms with E-state index in [1.165, 1.54) is 0 Å². The van der Waals surface area contributed by atoms with Crippen molar-refractivity contribution < 1.29 is 26.6 Å². The monoisotopic (exact) mass is 525 g/mol. The third kappa shape index (κ3) is 5.05. The van der Waals surface area contributed by atoms with Crippen LogP contribution in [0, 0.1) is 5.82 Å². The van der Waals surface area contributed by atoms with E-state index in [4.69, 9.17) is 0 Å². The minimum absolute atomic E-state index is 0.0188. The Hall–Kier alpha value is -3.13. The van der Waals surface area contributed by atoms with E-state index >= 15 is 0 Å². The number of alkyl halides is 3. The fraction of sp³-hybridized carbons (Fsp3) is 0.455. The largest absolute Gasteiger partial charge is 0.405 e. The number of halogens is 4. The van der Waals surface area contributed by atoms with Crippen molar-refractivity contribution in [1.82, 2.24) is 29.6 Å². The zero-order valence-electron chi connectivity index (χ0n) is 18.9. The van der Waals surface area contributed by atoms with Crippen LogP contribution in [-0.4, -0.2) is 71.0 Å². The van der Waals surface area contributed by atoms with Crippen molar-refractivity contribution in [2.75, 3.05) is 25.0 Å². The number of nitrogens with one attached hydrogen (secondary N) is 3. The Morgan fingerprint density at radius 1 is 1.25 bits per heavy atom. The zero-order valence-corrected chi connectivity index (χ0v) is 19.8. The van der Waals surface area contributed by atoms with Crippen LogP contribution in [0.2, 0.25) is 0 Å². The number of carbonyl (C=O) groups excluding carboxylic acids is 1. The summed E-state index contributed by atoms with van der Waals surface area (Å²) in [5.74, 6) is -1.94. The zero-order chi connectivity index (χ0) is 25.5. The van der Waals surface area contributed by atoms with E-state index in [2.05, 4.69) is 25.3 Å². The van der Waals surface area contributed by atoms with Crippen LogP contribution >= 0.6 is 0 Å². The maximum atomic E-state index is 14.8. The molecule has 36 heavy (non-hydrogen) atoms. The first-order valence-electron chi connectivity index (χ1n) is 11.4. The molecule has 3 aromatic heterocycles. The quantitative estimate of drug-likeness (QED) is 0.409. The lowest BCUT2D eigenvalue weighted by Crippen LogP contribution is -2.59. The van der Waals surface area contributed by atoms with Crippen molar-refractivity contribution in [2.24, 2.45) is 0 Å². The minimum Gasteiger partial charge on any atom is -0.353 e. The second-order valence-electron chi connectivity index (χ2n) is 8.90. The summed E-state index contributed by atoms with van der Waals surface area (Å²) < 4.78 is 67.6. The molecular weight excluding hydrogens is 502 g/mol. The van der Waals surface area contributed by atoms with Gasteiger partial charge in [0.05, 0.1) is 17.2 Å². The molecule has 3 aromatic rings. The number of hydrogen-bond donors (Lipinski definition) is 3. The highest BCUT2D eigenvalue weighted by Gasteiger charge is 2.46. The normalized spacial score (nSPS) is 19.2. The van der Waals surface area contributed by atoms with E-state index in [0.29, 0.717) is 16.6 Å². The van der Waals surface area contributed by atoms with Crippen LogP contribution in [0.3, 0.4) is 0 Å². The highest BCUT2D eigenvalue weighted by molar-refractivity contribution is 7.83. The molecule has 3 N–H and O–H groups in total. The first-order valence-corrected chi connectivity index (χ1v) is 12.6. The Balaban J connectivity index is 1.43. The number of pyridine rings is 1. The average molecular weight is 526 g/mol. The molecule has 5 rings (SSSR count). The van der Waals surface area contributed by atoms with Crippen molar-refractivity contribution in [1.29, 1.82) is 0 Å². The number of aromatic nitrogens is 4. The third-order valence-electron chi connectivity index (χ3n) is 6.32. The van der Waals surface area contributed by atoms with Crippen molar-refractivity contribution in [3.63, 3.8) is 0 Å². The van der Waals surface area contributed by atoms with E-state index < -0.39 is 41.0 Å². The number of fused-ring (bicyclic) bond motifs is 1. The highest BCUT2D eigenvalue weighted by atomic mass is 32.2. The van der Waals surface area contributed by atoms with Crippen LogP contribution in [0.5, 0.6) is 0 Å². The molecule has 0 aromatic carbocycles. The topological polar surface area (TPSA) is 116 Å². The molecular formula is C22H23F4N7O2S. The predicted octanol–water partition coefficient (Wildman–Crippen LogP) is 2.91. The van der Waals surface area contributed by atoms with E-state index in [-0.39, 0.29) is 42.8 Å². The smallest absolute Gasteiger partial charge is 0.353 e. The molecule has 0 spiro atoms. The van der Waals surface area contributed by atoms with Gasteiger partial charge < -0.3 is 15.6 Å². The SMILES string of the molecule is O=C(NCC(F)(F)F)C1(Nc2nc(-c3c[nH]c4ncccc34)ncc2F)CCN(S(=O)C2CC2)CC1. The van der Waals surface area contributed by atoms with Gasteiger partial charge in [0, 0.05) is 41.7 Å². The molecule has 2 aliphatic rings. The molecule has 9 nitrogen and oxygen atoms in total. The lowest BCUT2D eigenvalue weighted by Gasteiger charge is -2.40.